The lowest BCUT2D eigenvalue weighted by molar-refractivity contribution is -0.172. The minimum atomic E-state index is -4.65. The molecule has 0 aromatic heterocycles. The molecule has 0 aromatic carbocycles. The number of carbonyl (C=O) groups excluding carboxylic acids is 1. The zero-order valence-electron chi connectivity index (χ0n) is 7.40. The lowest BCUT2D eigenvalue weighted by Crippen LogP contribution is -2.26. The number of rotatable bonds is 2. The minimum absolute atomic E-state index is 0.112. The van der Waals surface area contributed by atoms with Gasteiger partial charge in [0.25, 0.3) is 0 Å². The third-order valence-electron chi connectivity index (χ3n) is 2.28. The third kappa shape index (κ3) is 2.99. The molecule has 1 aliphatic heterocycles. The minimum Gasteiger partial charge on any atom is -0.306 e. The van der Waals surface area contributed by atoms with E-state index in [0.29, 0.717) is 13.0 Å². The zero-order valence-corrected chi connectivity index (χ0v) is 7.40. The first-order valence-corrected chi connectivity index (χ1v) is 4.18. The summed E-state index contributed by atoms with van der Waals surface area (Å²) in [5.41, 5.74) is 0. The topological polar surface area (TPSA) is 20.3 Å². The van der Waals surface area contributed by atoms with Gasteiger partial charge in [0.05, 0.1) is 0 Å². The normalized spacial score (nSPS) is 25.1. The van der Waals surface area contributed by atoms with E-state index in [0.717, 1.165) is 6.54 Å². The first kappa shape index (κ1) is 10.5. The van der Waals surface area contributed by atoms with Crippen molar-refractivity contribution in [3.05, 3.63) is 0 Å². The molecule has 1 unspecified atom stereocenters. The van der Waals surface area contributed by atoms with Crippen molar-refractivity contribution in [3.63, 3.8) is 0 Å². The number of likely N-dealkylation sites (tertiary alicyclic amines) is 1. The standard InChI is InChI=1S/C8H12F3NO/c1-12-3-2-6(5-12)4-7(13)8(9,10)11/h6H,2-5H2,1H3. The largest absolute Gasteiger partial charge is 0.449 e. The first-order valence-electron chi connectivity index (χ1n) is 4.18. The summed E-state index contributed by atoms with van der Waals surface area (Å²) in [6.45, 7) is 1.39. The van der Waals surface area contributed by atoms with Crippen molar-refractivity contribution in [2.24, 2.45) is 5.92 Å². The summed E-state index contributed by atoms with van der Waals surface area (Å²) < 4.78 is 35.5. The maximum absolute atomic E-state index is 11.8. The van der Waals surface area contributed by atoms with Crippen LogP contribution in [0.3, 0.4) is 0 Å². The highest BCUT2D eigenvalue weighted by Gasteiger charge is 2.39. The molecule has 0 aliphatic carbocycles. The number of alkyl halides is 3. The first-order chi connectivity index (χ1) is 5.89. The number of carbonyl (C=O) groups is 1. The zero-order chi connectivity index (χ0) is 10.1. The molecule has 76 valence electrons. The SMILES string of the molecule is CN1CCC(CC(=O)C(F)(F)F)C1. The summed E-state index contributed by atoms with van der Waals surface area (Å²) in [4.78, 5) is 12.5. The van der Waals surface area contributed by atoms with Gasteiger partial charge in [-0.25, -0.2) is 0 Å². The number of halogens is 3. The predicted molar refractivity (Wildman–Crippen MR) is 41.3 cm³/mol. The number of hydrogen-bond acceptors (Lipinski definition) is 2. The van der Waals surface area contributed by atoms with E-state index in [1.807, 2.05) is 11.9 Å². The fraction of sp³-hybridized carbons (Fsp3) is 0.875. The quantitative estimate of drug-likeness (QED) is 0.664. The van der Waals surface area contributed by atoms with Crippen LogP contribution in [0, 0.1) is 5.92 Å². The summed E-state index contributed by atoms with van der Waals surface area (Å²) in [7, 11) is 1.85. The van der Waals surface area contributed by atoms with Crippen molar-refractivity contribution in [1.29, 1.82) is 0 Å². The van der Waals surface area contributed by atoms with Crippen molar-refractivity contribution in [1.82, 2.24) is 4.90 Å². The molecule has 5 heteroatoms. The van der Waals surface area contributed by atoms with E-state index in [2.05, 4.69) is 0 Å². The molecule has 1 fully saturated rings. The van der Waals surface area contributed by atoms with Gasteiger partial charge in [0.1, 0.15) is 0 Å². The second-order valence-electron chi connectivity index (χ2n) is 3.54. The van der Waals surface area contributed by atoms with E-state index in [1.165, 1.54) is 0 Å². The fourth-order valence-corrected chi connectivity index (χ4v) is 1.57. The highest BCUT2D eigenvalue weighted by atomic mass is 19.4. The Labute approximate surface area is 74.7 Å². The number of Topliss-reactive ketones (excluding diaryl/α,β-unsaturated/α-hetero) is 1. The van der Waals surface area contributed by atoms with Gasteiger partial charge in [-0.1, -0.05) is 0 Å². The number of hydrogen-bond donors (Lipinski definition) is 0. The van der Waals surface area contributed by atoms with Gasteiger partial charge in [-0.2, -0.15) is 13.2 Å². The molecule has 0 aromatic rings. The molecule has 0 amide bonds. The summed E-state index contributed by atoms with van der Waals surface area (Å²) in [5.74, 6) is -1.70. The summed E-state index contributed by atoms with van der Waals surface area (Å²) >= 11 is 0. The lowest BCUT2D eigenvalue weighted by Gasteiger charge is -2.10. The number of ketones is 1. The molecule has 1 aliphatic rings. The maximum atomic E-state index is 11.8. The molecule has 0 radical (unpaired) electrons. The second kappa shape index (κ2) is 3.65. The van der Waals surface area contributed by atoms with Crippen molar-refractivity contribution < 1.29 is 18.0 Å². The molecule has 2 nitrogen and oxygen atoms in total. The van der Waals surface area contributed by atoms with E-state index < -0.39 is 12.0 Å². The van der Waals surface area contributed by atoms with Crippen LogP contribution in [0.25, 0.3) is 0 Å². The van der Waals surface area contributed by atoms with E-state index in [-0.39, 0.29) is 12.3 Å². The highest BCUT2D eigenvalue weighted by Crippen LogP contribution is 2.24. The Bertz CT molecular complexity index is 202. The van der Waals surface area contributed by atoms with Crippen LogP contribution in [0.15, 0.2) is 0 Å². The summed E-state index contributed by atoms with van der Waals surface area (Å²) in [5, 5.41) is 0. The van der Waals surface area contributed by atoms with Crippen LogP contribution in [0.5, 0.6) is 0 Å². The smallest absolute Gasteiger partial charge is 0.306 e. The van der Waals surface area contributed by atoms with Crippen molar-refractivity contribution in [3.8, 4) is 0 Å². The Morgan fingerprint density at radius 1 is 1.54 bits per heavy atom. The monoisotopic (exact) mass is 195 g/mol. The third-order valence-corrected chi connectivity index (χ3v) is 2.28. The van der Waals surface area contributed by atoms with E-state index in [1.54, 1.807) is 0 Å². The van der Waals surface area contributed by atoms with Crippen molar-refractivity contribution in [2.75, 3.05) is 20.1 Å². The van der Waals surface area contributed by atoms with Gasteiger partial charge in [0.2, 0.25) is 5.78 Å². The Balaban J connectivity index is 2.37. The van der Waals surface area contributed by atoms with Crippen molar-refractivity contribution in [2.45, 2.75) is 19.0 Å². The van der Waals surface area contributed by atoms with Gasteiger partial charge < -0.3 is 4.90 Å². The van der Waals surface area contributed by atoms with E-state index in [9.17, 15) is 18.0 Å². The molecule has 0 saturated carbocycles. The molecule has 0 bridgehead atoms. The molecular weight excluding hydrogens is 183 g/mol. The van der Waals surface area contributed by atoms with Crippen LogP contribution in [0.2, 0.25) is 0 Å². The average Bonchev–Trinajstić information content (AvgIpc) is 2.33. The van der Waals surface area contributed by atoms with Crippen LogP contribution in [0.1, 0.15) is 12.8 Å². The van der Waals surface area contributed by atoms with Crippen LogP contribution in [-0.2, 0) is 4.79 Å². The van der Waals surface area contributed by atoms with Gasteiger partial charge in [-0.3, -0.25) is 4.79 Å². The van der Waals surface area contributed by atoms with Crippen molar-refractivity contribution >= 4 is 5.78 Å². The summed E-state index contributed by atoms with van der Waals surface area (Å²) in [6.07, 6.45) is -4.31. The lowest BCUT2D eigenvalue weighted by atomic mass is 10.0. The molecule has 1 heterocycles. The molecule has 13 heavy (non-hydrogen) atoms. The van der Waals surface area contributed by atoms with Crippen LogP contribution >= 0.6 is 0 Å². The molecule has 0 spiro atoms. The van der Waals surface area contributed by atoms with E-state index in [4.69, 9.17) is 0 Å². The van der Waals surface area contributed by atoms with Crippen LogP contribution in [0.4, 0.5) is 13.2 Å². The molecule has 1 atom stereocenters. The molecule has 1 rings (SSSR count). The Morgan fingerprint density at radius 2 is 2.15 bits per heavy atom. The Kier molecular flexibility index (Phi) is 2.95. The summed E-state index contributed by atoms with van der Waals surface area (Å²) in [6, 6.07) is 0. The fourth-order valence-electron chi connectivity index (χ4n) is 1.57. The molecule has 0 N–H and O–H groups in total. The Morgan fingerprint density at radius 3 is 2.54 bits per heavy atom. The van der Waals surface area contributed by atoms with Gasteiger partial charge in [0, 0.05) is 13.0 Å². The molecule has 1 saturated heterocycles. The maximum Gasteiger partial charge on any atom is 0.449 e. The van der Waals surface area contributed by atoms with Gasteiger partial charge in [0.15, 0.2) is 0 Å². The van der Waals surface area contributed by atoms with Crippen LogP contribution in [-0.4, -0.2) is 37.0 Å². The highest BCUT2D eigenvalue weighted by molar-refractivity contribution is 5.84. The van der Waals surface area contributed by atoms with E-state index >= 15 is 0 Å². The number of nitrogens with zero attached hydrogens (tertiary/aromatic N) is 1. The second-order valence-corrected chi connectivity index (χ2v) is 3.54. The van der Waals surface area contributed by atoms with Gasteiger partial charge in [-0.05, 0) is 25.9 Å². The Hall–Kier alpha value is -0.580. The van der Waals surface area contributed by atoms with Gasteiger partial charge in [-0.15, -0.1) is 0 Å². The van der Waals surface area contributed by atoms with Gasteiger partial charge >= 0.3 is 6.18 Å². The average molecular weight is 195 g/mol. The predicted octanol–water partition coefficient (Wildman–Crippen LogP) is 1.46. The van der Waals surface area contributed by atoms with Crippen LogP contribution < -0.4 is 0 Å². The molecular formula is C8H12F3NO.